The molecule has 88 valence electrons. The van der Waals surface area contributed by atoms with Crippen molar-refractivity contribution in [2.24, 2.45) is 0 Å². The number of carbonyl (C=O) groups is 1. The highest BCUT2D eigenvalue weighted by Gasteiger charge is 2.30. The van der Waals surface area contributed by atoms with Gasteiger partial charge in [0, 0.05) is 0 Å². The fourth-order valence-electron chi connectivity index (χ4n) is 1.23. The molecule has 1 nitrogen and oxygen atoms in total. The Morgan fingerprint density at radius 1 is 1.44 bits per heavy atom. The van der Waals surface area contributed by atoms with Crippen LogP contribution in [0, 0.1) is 0 Å². The number of hydrogen-bond acceptors (Lipinski definition) is 1. The van der Waals surface area contributed by atoms with E-state index in [1.807, 2.05) is 0 Å². The highest BCUT2D eigenvalue weighted by Crippen LogP contribution is 2.29. The van der Waals surface area contributed by atoms with E-state index in [0.717, 1.165) is 12.1 Å². The molecule has 5 heteroatoms. The van der Waals surface area contributed by atoms with E-state index in [2.05, 4.69) is 0 Å². The van der Waals surface area contributed by atoms with Crippen LogP contribution in [0.15, 0.2) is 24.3 Å². The van der Waals surface area contributed by atoms with Crippen molar-refractivity contribution in [1.29, 1.82) is 0 Å². The number of carbonyl (C=O) groups excluding carboxylic acids is 1. The molecule has 0 saturated carbocycles. The first-order chi connectivity index (χ1) is 7.30. The van der Waals surface area contributed by atoms with Crippen molar-refractivity contribution in [3.8, 4) is 0 Å². The molecule has 0 aliphatic rings. The first-order valence-corrected chi connectivity index (χ1v) is 5.05. The molecule has 1 unspecified atom stereocenters. The summed E-state index contributed by atoms with van der Waals surface area (Å²) in [5.41, 5.74) is -0.317. The maximum absolute atomic E-state index is 12.4. The zero-order valence-corrected chi connectivity index (χ0v) is 9.27. The minimum atomic E-state index is -4.37. The van der Waals surface area contributed by atoms with Gasteiger partial charge in [-0.3, -0.25) is 4.79 Å². The zero-order valence-electron chi connectivity index (χ0n) is 8.51. The third-order valence-corrected chi connectivity index (χ3v) is 2.57. The lowest BCUT2D eigenvalue weighted by Gasteiger charge is -2.10. The van der Waals surface area contributed by atoms with Gasteiger partial charge in [0.05, 0.1) is 10.9 Å². The fourth-order valence-corrected chi connectivity index (χ4v) is 1.40. The van der Waals surface area contributed by atoms with Gasteiger partial charge in [0.15, 0.2) is 0 Å². The molecule has 0 amide bonds. The fraction of sp³-hybridized carbons (Fsp3) is 0.364. The van der Waals surface area contributed by atoms with E-state index in [0.29, 0.717) is 5.56 Å². The molecule has 0 aromatic heterocycles. The smallest absolute Gasteiger partial charge is 0.298 e. The van der Waals surface area contributed by atoms with Crippen molar-refractivity contribution in [1.82, 2.24) is 0 Å². The zero-order chi connectivity index (χ0) is 12.3. The lowest BCUT2D eigenvalue weighted by atomic mass is 10.0. The Hall–Kier alpha value is -1.03. The molecule has 0 N–H and O–H groups in total. The number of rotatable bonds is 3. The highest BCUT2D eigenvalue weighted by atomic mass is 35.5. The molecule has 0 heterocycles. The van der Waals surface area contributed by atoms with Crippen LogP contribution in [-0.4, -0.2) is 11.2 Å². The van der Waals surface area contributed by atoms with E-state index in [9.17, 15) is 18.0 Å². The Morgan fingerprint density at radius 2 is 2.06 bits per heavy atom. The molecule has 1 aromatic rings. The Balaban J connectivity index is 2.87. The second-order valence-corrected chi connectivity index (χ2v) is 4.01. The van der Waals surface area contributed by atoms with Crippen LogP contribution in [-0.2, 0) is 17.4 Å². The largest absolute Gasteiger partial charge is 0.416 e. The van der Waals surface area contributed by atoms with E-state index in [1.54, 1.807) is 0 Å². The monoisotopic (exact) mass is 250 g/mol. The molecule has 16 heavy (non-hydrogen) atoms. The van der Waals surface area contributed by atoms with E-state index in [1.165, 1.54) is 19.1 Å². The highest BCUT2D eigenvalue weighted by molar-refractivity contribution is 6.30. The molecule has 1 rings (SSSR count). The number of alkyl halides is 4. The van der Waals surface area contributed by atoms with Crippen LogP contribution >= 0.6 is 11.6 Å². The summed E-state index contributed by atoms with van der Waals surface area (Å²) in [6.45, 7) is 1.31. The molecule has 1 aromatic carbocycles. The summed E-state index contributed by atoms with van der Waals surface area (Å²) in [5, 5.41) is -0.775. The minimum absolute atomic E-state index is 0.112. The van der Waals surface area contributed by atoms with Crippen LogP contribution in [0.1, 0.15) is 18.1 Å². The summed E-state index contributed by atoms with van der Waals surface area (Å²) >= 11 is 5.69. The van der Waals surface area contributed by atoms with Gasteiger partial charge in [0.1, 0.15) is 5.78 Å². The molecule has 0 bridgehead atoms. The normalized spacial score (nSPS) is 13.6. The Kier molecular flexibility index (Phi) is 3.97. The van der Waals surface area contributed by atoms with Gasteiger partial charge in [0.25, 0.3) is 0 Å². The standard InChI is InChI=1S/C11H10ClF3O/c1-7(16)10(12)6-8-3-2-4-9(5-8)11(13,14)15/h2-5,10H,6H2,1H3. The van der Waals surface area contributed by atoms with Crippen molar-refractivity contribution in [2.45, 2.75) is 24.9 Å². The van der Waals surface area contributed by atoms with E-state index in [4.69, 9.17) is 11.6 Å². The van der Waals surface area contributed by atoms with Crippen LogP contribution in [0.25, 0.3) is 0 Å². The third kappa shape index (κ3) is 3.52. The molecule has 1 atom stereocenters. The Bertz CT molecular complexity index is 387. The Labute approximate surface area is 96.2 Å². The SMILES string of the molecule is CC(=O)C(Cl)Cc1cccc(C(F)(F)F)c1. The van der Waals surface area contributed by atoms with E-state index in [-0.39, 0.29) is 12.2 Å². The van der Waals surface area contributed by atoms with Crippen molar-refractivity contribution >= 4 is 17.4 Å². The molecular weight excluding hydrogens is 241 g/mol. The number of ketones is 1. The number of halogens is 4. The number of Topliss-reactive ketones (excluding diaryl/α,β-unsaturated/α-hetero) is 1. The molecule has 0 spiro atoms. The van der Waals surface area contributed by atoms with Crippen LogP contribution in [0.3, 0.4) is 0 Å². The summed E-state index contributed by atoms with van der Waals surface area (Å²) in [6, 6.07) is 4.83. The van der Waals surface area contributed by atoms with Gasteiger partial charge in [-0.2, -0.15) is 13.2 Å². The molecular formula is C11H10ClF3O. The minimum Gasteiger partial charge on any atom is -0.298 e. The van der Waals surface area contributed by atoms with Gasteiger partial charge in [0.2, 0.25) is 0 Å². The van der Waals surface area contributed by atoms with Gasteiger partial charge >= 0.3 is 6.18 Å². The summed E-state index contributed by atoms with van der Waals surface area (Å²) < 4.78 is 37.1. The van der Waals surface area contributed by atoms with Crippen LogP contribution < -0.4 is 0 Å². The average Bonchev–Trinajstić information content (AvgIpc) is 2.16. The van der Waals surface area contributed by atoms with Gasteiger partial charge < -0.3 is 0 Å². The Morgan fingerprint density at radius 3 is 2.56 bits per heavy atom. The lowest BCUT2D eigenvalue weighted by Crippen LogP contribution is -2.14. The molecule has 0 aliphatic heterocycles. The van der Waals surface area contributed by atoms with Crippen molar-refractivity contribution < 1.29 is 18.0 Å². The number of hydrogen-bond donors (Lipinski definition) is 0. The number of benzene rings is 1. The molecule has 0 aliphatic carbocycles. The maximum Gasteiger partial charge on any atom is 0.416 e. The van der Waals surface area contributed by atoms with Crippen molar-refractivity contribution in [3.63, 3.8) is 0 Å². The predicted octanol–water partition coefficient (Wildman–Crippen LogP) is 3.44. The second-order valence-electron chi connectivity index (χ2n) is 3.48. The third-order valence-electron chi connectivity index (χ3n) is 2.11. The molecule has 0 fully saturated rings. The first kappa shape index (κ1) is 13.0. The van der Waals surface area contributed by atoms with Crippen LogP contribution in [0.4, 0.5) is 13.2 Å². The van der Waals surface area contributed by atoms with Gasteiger partial charge in [-0.1, -0.05) is 18.2 Å². The van der Waals surface area contributed by atoms with Crippen molar-refractivity contribution in [3.05, 3.63) is 35.4 Å². The maximum atomic E-state index is 12.4. The summed E-state index contributed by atoms with van der Waals surface area (Å²) in [6.07, 6.45) is -4.26. The topological polar surface area (TPSA) is 17.1 Å². The predicted molar refractivity (Wildman–Crippen MR) is 55.5 cm³/mol. The van der Waals surface area contributed by atoms with Gasteiger partial charge in [-0.15, -0.1) is 11.6 Å². The van der Waals surface area contributed by atoms with Crippen LogP contribution in [0.5, 0.6) is 0 Å². The van der Waals surface area contributed by atoms with Gasteiger partial charge in [-0.05, 0) is 25.0 Å². The van der Waals surface area contributed by atoms with E-state index >= 15 is 0 Å². The van der Waals surface area contributed by atoms with Crippen LogP contribution in [0.2, 0.25) is 0 Å². The summed E-state index contributed by atoms with van der Waals surface area (Å²) in [7, 11) is 0. The summed E-state index contributed by atoms with van der Waals surface area (Å²) in [4.78, 5) is 10.9. The molecule has 0 radical (unpaired) electrons. The average molecular weight is 251 g/mol. The van der Waals surface area contributed by atoms with Gasteiger partial charge in [-0.25, -0.2) is 0 Å². The van der Waals surface area contributed by atoms with E-state index < -0.39 is 17.1 Å². The first-order valence-electron chi connectivity index (χ1n) is 4.61. The van der Waals surface area contributed by atoms with Crippen molar-refractivity contribution in [2.75, 3.05) is 0 Å². The second kappa shape index (κ2) is 4.87. The molecule has 0 saturated heterocycles. The lowest BCUT2D eigenvalue weighted by molar-refractivity contribution is -0.137. The summed E-state index contributed by atoms with van der Waals surface area (Å²) in [5.74, 6) is -0.251. The quantitative estimate of drug-likeness (QED) is 0.751.